The molecule has 0 radical (unpaired) electrons. The Kier molecular flexibility index (Phi) is 3.62. The Labute approximate surface area is 86.2 Å². The summed E-state index contributed by atoms with van der Waals surface area (Å²) in [6.07, 6.45) is -1.11. The van der Waals surface area contributed by atoms with Crippen LogP contribution in [0.5, 0.6) is 5.75 Å². The fourth-order valence-corrected chi connectivity index (χ4v) is 1.22. The third-order valence-electron chi connectivity index (χ3n) is 1.94. The summed E-state index contributed by atoms with van der Waals surface area (Å²) >= 11 is 0. The van der Waals surface area contributed by atoms with E-state index >= 15 is 0 Å². The number of halogens is 1. The van der Waals surface area contributed by atoms with Crippen molar-refractivity contribution in [2.75, 3.05) is 14.2 Å². The third kappa shape index (κ3) is 2.44. The molecule has 1 atom stereocenters. The maximum absolute atomic E-state index is 13.0. The fraction of sp³-hybridized carbons (Fsp3) is 0.300. The van der Waals surface area contributed by atoms with Crippen LogP contribution in [-0.2, 0) is 9.53 Å². The third-order valence-corrected chi connectivity index (χ3v) is 1.94. The van der Waals surface area contributed by atoms with Crippen LogP contribution in [0.2, 0.25) is 0 Å². The quantitative estimate of drug-likeness (QED) is 0.827. The SMILES string of the molecule is COc1cc(C(OC)C(=O)O)ccc1F. The van der Waals surface area contributed by atoms with E-state index in [1.54, 1.807) is 0 Å². The molecule has 0 spiro atoms. The molecule has 1 unspecified atom stereocenters. The van der Waals surface area contributed by atoms with Crippen LogP contribution in [0, 0.1) is 5.82 Å². The lowest BCUT2D eigenvalue weighted by Crippen LogP contribution is -2.13. The minimum absolute atomic E-state index is 0.00389. The molecule has 0 heterocycles. The molecule has 0 aliphatic carbocycles. The van der Waals surface area contributed by atoms with Crippen molar-refractivity contribution in [3.8, 4) is 5.75 Å². The van der Waals surface area contributed by atoms with Crippen molar-refractivity contribution in [3.63, 3.8) is 0 Å². The standard InChI is InChI=1S/C10H11FO4/c1-14-8-5-6(3-4-7(8)11)9(15-2)10(12)13/h3-5,9H,1-2H3,(H,12,13). The first-order valence-electron chi connectivity index (χ1n) is 4.19. The number of carbonyl (C=O) groups is 1. The van der Waals surface area contributed by atoms with E-state index in [1.807, 2.05) is 0 Å². The molecular formula is C10H11FO4. The Morgan fingerprint density at radius 2 is 2.13 bits per heavy atom. The van der Waals surface area contributed by atoms with Gasteiger partial charge in [-0.05, 0) is 17.7 Å². The van der Waals surface area contributed by atoms with Gasteiger partial charge < -0.3 is 14.6 Å². The number of aliphatic carboxylic acids is 1. The van der Waals surface area contributed by atoms with Crippen LogP contribution in [0.1, 0.15) is 11.7 Å². The van der Waals surface area contributed by atoms with Crippen molar-refractivity contribution in [2.45, 2.75) is 6.10 Å². The number of carboxylic acids is 1. The monoisotopic (exact) mass is 214 g/mol. The van der Waals surface area contributed by atoms with Crippen molar-refractivity contribution >= 4 is 5.97 Å². The van der Waals surface area contributed by atoms with Crippen LogP contribution in [0.15, 0.2) is 18.2 Å². The van der Waals surface area contributed by atoms with Crippen molar-refractivity contribution < 1.29 is 23.8 Å². The first-order valence-corrected chi connectivity index (χ1v) is 4.19. The number of hydrogen-bond donors (Lipinski definition) is 1. The second kappa shape index (κ2) is 4.75. The molecule has 1 aromatic rings. The van der Waals surface area contributed by atoms with Crippen molar-refractivity contribution in [3.05, 3.63) is 29.6 Å². The zero-order chi connectivity index (χ0) is 11.4. The lowest BCUT2D eigenvalue weighted by Gasteiger charge is -2.12. The predicted molar refractivity (Wildman–Crippen MR) is 50.3 cm³/mol. The molecule has 1 aromatic carbocycles. The largest absolute Gasteiger partial charge is 0.494 e. The van der Waals surface area contributed by atoms with Gasteiger partial charge in [-0.3, -0.25) is 0 Å². The minimum atomic E-state index is -1.13. The van der Waals surface area contributed by atoms with E-state index in [-0.39, 0.29) is 5.75 Å². The molecular weight excluding hydrogens is 203 g/mol. The highest BCUT2D eigenvalue weighted by atomic mass is 19.1. The zero-order valence-electron chi connectivity index (χ0n) is 8.36. The minimum Gasteiger partial charge on any atom is -0.494 e. The van der Waals surface area contributed by atoms with Crippen molar-refractivity contribution in [1.29, 1.82) is 0 Å². The molecule has 4 nitrogen and oxygen atoms in total. The first-order chi connectivity index (χ1) is 7.10. The van der Waals surface area contributed by atoms with E-state index in [2.05, 4.69) is 0 Å². The smallest absolute Gasteiger partial charge is 0.337 e. The van der Waals surface area contributed by atoms with Crippen LogP contribution in [0.3, 0.4) is 0 Å². The van der Waals surface area contributed by atoms with Gasteiger partial charge in [-0.1, -0.05) is 6.07 Å². The van der Waals surface area contributed by atoms with Gasteiger partial charge in [0.25, 0.3) is 0 Å². The highest BCUT2D eigenvalue weighted by Gasteiger charge is 2.20. The summed E-state index contributed by atoms with van der Waals surface area (Å²) in [5.74, 6) is -1.68. The molecule has 5 heteroatoms. The second-order valence-electron chi connectivity index (χ2n) is 2.85. The maximum atomic E-state index is 13.0. The van der Waals surface area contributed by atoms with E-state index < -0.39 is 17.9 Å². The average molecular weight is 214 g/mol. The molecule has 0 bridgehead atoms. The Morgan fingerprint density at radius 1 is 1.47 bits per heavy atom. The highest BCUT2D eigenvalue weighted by molar-refractivity contribution is 5.74. The van der Waals surface area contributed by atoms with Gasteiger partial charge >= 0.3 is 5.97 Å². The summed E-state index contributed by atoms with van der Waals surface area (Å²) in [4.78, 5) is 10.8. The summed E-state index contributed by atoms with van der Waals surface area (Å²) in [5, 5.41) is 8.80. The highest BCUT2D eigenvalue weighted by Crippen LogP contribution is 2.24. The number of methoxy groups -OCH3 is 2. The number of carboxylic acid groups (broad SMARTS) is 1. The van der Waals surface area contributed by atoms with E-state index in [0.29, 0.717) is 5.56 Å². The van der Waals surface area contributed by atoms with Crippen LogP contribution in [0.4, 0.5) is 4.39 Å². The van der Waals surface area contributed by atoms with Gasteiger partial charge in [0, 0.05) is 7.11 Å². The second-order valence-corrected chi connectivity index (χ2v) is 2.85. The summed E-state index contributed by atoms with van der Waals surface area (Å²) in [6.45, 7) is 0. The molecule has 0 saturated carbocycles. The van der Waals surface area contributed by atoms with Crippen LogP contribution in [-0.4, -0.2) is 25.3 Å². The summed E-state index contributed by atoms with van der Waals surface area (Å²) in [6, 6.07) is 3.79. The average Bonchev–Trinajstić information content (AvgIpc) is 2.21. The fourth-order valence-electron chi connectivity index (χ4n) is 1.22. The van der Waals surface area contributed by atoms with Gasteiger partial charge in [-0.2, -0.15) is 0 Å². The summed E-state index contributed by atoms with van der Waals surface area (Å²) in [5.41, 5.74) is 0.336. The molecule has 0 fully saturated rings. The number of hydrogen-bond acceptors (Lipinski definition) is 3. The van der Waals surface area contributed by atoms with Gasteiger partial charge in [-0.15, -0.1) is 0 Å². The summed E-state index contributed by atoms with van der Waals surface area (Å²) < 4.78 is 22.5. The lowest BCUT2D eigenvalue weighted by molar-refractivity contribution is -0.148. The first kappa shape index (κ1) is 11.5. The van der Waals surface area contributed by atoms with E-state index in [9.17, 15) is 9.18 Å². The van der Waals surface area contributed by atoms with E-state index in [0.717, 1.165) is 6.07 Å². The molecule has 82 valence electrons. The molecule has 1 rings (SSSR count). The molecule has 1 N–H and O–H groups in total. The molecule has 0 aliphatic heterocycles. The maximum Gasteiger partial charge on any atom is 0.337 e. The van der Waals surface area contributed by atoms with Crippen LogP contribution in [0.25, 0.3) is 0 Å². The van der Waals surface area contributed by atoms with Gasteiger partial charge in [0.15, 0.2) is 17.7 Å². The molecule has 0 aromatic heterocycles. The number of rotatable bonds is 4. The Bertz CT molecular complexity index is 364. The number of ether oxygens (including phenoxy) is 2. The predicted octanol–water partition coefficient (Wildman–Crippen LogP) is 1.61. The normalized spacial score (nSPS) is 12.2. The summed E-state index contributed by atoms with van der Waals surface area (Å²) in [7, 11) is 2.58. The van der Waals surface area contributed by atoms with E-state index in [1.165, 1.54) is 26.4 Å². The van der Waals surface area contributed by atoms with Crippen LogP contribution >= 0.6 is 0 Å². The zero-order valence-corrected chi connectivity index (χ0v) is 8.36. The van der Waals surface area contributed by atoms with Crippen LogP contribution < -0.4 is 4.74 Å². The van der Waals surface area contributed by atoms with Crippen molar-refractivity contribution in [1.82, 2.24) is 0 Å². The lowest BCUT2D eigenvalue weighted by atomic mass is 10.1. The molecule has 0 saturated heterocycles. The molecule has 0 aliphatic rings. The molecule has 0 amide bonds. The Hall–Kier alpha value is -1.62. The topological polar surface area (TPSA) is 55.8 Å². The van der Waals surface area contributed by atoms with Gasteiger partial charge in [0.1, 0.15) is 0 Å². The number of benzene rings is 1. The van der Waals surface area contributed by atoms with E-state index in [4.69, 9.17) is 14.6 Å². The Balaban J connectivity index is 3.09. The van der Waals surface area contributed by atoms with Gasteiger partial charge in [-0.25, -0.2) is 9.18 Å². The molecule has 15 heavy (non-hydrogen) atoms. The van der Waals surface area contributed by atoms with Gasteiger partial charge in [0.05, 0.1) is 7.11 Å². The Morgan fingerprint density at radius 3 is 2.60 bits per heavy atom. The van der Waals surface area contributed by atoms with Gasteiger partial charge in [0.2, 0.25) is 0 Å². The van der Waals surface area contributed by atoms with Crippen molar-refractivity contribution in [2.24, 2.45) is 0 Å².